The molecule has 0 amide bonds. The molecule has 19 heavy (non-hydrogen) atoms. The Labute approximate surface area is 123 Å². The molecule has 2 N–H and O–H groups in total. The molecule has 0 saturated carbocycles. The maximum atomic E-state index is 6.42. The van der Waals surface area contributed by atoms with Crippen molar-refractivity contribution in [2.45, 2.75) is 39.2 Å². The van der Waals surface area contributed by atoms with E-state index in [4.69, 9.17) is 17.3 Å². The van der Waals surface area contributed by atoms with Crippen molar-refractivity contribution in [1.82, 2.24) is 0 Å². The molecule has 0 spiro atoms. The molecule has 2 aromatic rings. The lowest BCUT2D eigenvalue weighted by molar-refractivity contribution is 0.879. The highest BCUT2D eigenvalue weighted by Crippen LogP contribution is 2.37. The summed E-state index contributed by atoms with van der Waals surface area (Å²) in [6, 6.07) is 6.34. The molecule has 1 nitrogen and oxygen atoms in total. The minimum absolute atomic E-state index is 0.0950. The van der Waals surface area contributed by atoms with Crippen LogP contribution in [0.25, 0.3) is 0 Å². The summed E-state index contributed by atoms with van der Waals surface area (Å²) < 4.78 is 0. The molecular formula is C16H18ClNS. The van der Waals surface area contributed by atoms with Crippen LogP contribution in [0.15, 0.2) is 18.2 Å². The fourth-order valence-corrected chi connectivity index (χ4v) is 4.31. The van der Waals surface area contributed by atoms with Crippen LogP contribution in [-0.2, 0) is 12.8 Å². The third-order valence-corrected chi connectivity index (χ3v) is 5.67. The number of rotatable bonds is 2. The van der Waals surface area contributed by atoms with Crippen molar-refractivity contribution in [1.29, 1.82) is 0 Å². The number of benzene rings is 1. The van der Waals surface area contributed by atoms with E-state index in [1.165, 1.54) is 45.7 Å². The van der Waals surface area contributed by atoms with Crippen LogP contribution in [-0.4, -0.2) is 0 Å². The molecule has 0 radical (unpaired) electrons. The Balaban J connectivity index is 1.99. The van der Waals surface area contributed by atoms with Crippen LogP contribution in [0.2, 0.25) is 5.02 Å². The summed E-state index contributed by atoms with van der Waals surface area (Å²) in [5.41, 5.74) is 11.4. The number of nitrogens with two attached hydrogens (primary N) is 1. The Morgan fingerprint density at radius 3 is 2.63 bits per heavy atom. The first kappa shape index (κ1) is 13.2. The zero-order chi connectivity index (χ0) is 13.6. The summed E-state index contributed by atoms with van der Waals surface area (Å²) in [6.07, 6.45) is 3.72. The van der Waals surface area contributed by atoms with Crippen LogP contribution in [0.3, 0.4) is 0 Å². The van der Waals surface area contributed by atoms with Crippen LogP contribution in [0.4, 0.5) is 0 Å². The van der Waals surface area contributed by atoms with Crippen LogP contribution in [0.5, 0.6) is 0 Å². The Hall–Kier alpha value is -0.830. The molecule has 0 saturated heterocycles. The summed E-state index contributed by atoms with van der Waals surface area (Å²) in [5, 5.41) is 0.782. The number of aryl methyl sites for hydroxylation is 4. The van der Waals surface area contributed by atoms with Crippen LogP contribution in [0, 0.1) is 13.8 Å². The Kier molecular flexibility index (Phi) is 3.42. The largest absolute Gasteiger partial charge is 0.320 e. The predicted octanol–water partition coefficient (Wildman–Crippen LogP) is 4.56. The Morgan fingerprint density at radius 2 is 1.89 bits per heavy atom. The second-order valence-electron chi connectivity index (χ2n) is 5.39. The van der Waals surface area contributed by atoms with Crippen molar-refractivity contribution < 1.29 is 0 Å². The third-order valence-electron chi connectivity index (χ3n) is 4.02. The van der Waals surface area contributed by atoms with Gasteiger partial charge in [-0.05, 0) is 67.5 Å². The van der Waals surface area contributed by atoms with E-state index >= 15 is 0 Å². The summed E-state index contributed by atoms with van der Waals surface area (Å²) in [5.74, 6) is 0. The van der Waals surface area contributed by atoms with Gasteiger partial charge in [-0.1, -0.05) is 17.7 Å². The van der Waals surface area contributed by atoms with E-state index in [0.29, 0.717) is 0 Å². The summed E-state index contributed by atoms with van der Waals surface area (Å²) in [6.45, 7) is 4.19. The maximum Gasteiger partial charge on any atom is 0.0660 e. The average Bonchev–Trinajstić information content (AvgIpc) is 2.93. The summed E-state index contributed by atoms with van der Waals surface area (Å²) >= 11 is 8.23. The van der Waals surface area contributed by atoms with E-state index < -0.39 is 0 Å². The van der Waals surface area contributed by atoms with Gasteiger partial charge in [0.25, 0.3) is 0 Å². The maximum absolute atomic E-state index is 6.42. The van der Waals surface area contributed by atoms with Gasteiger partial charge < -0.3 is 5.73 Å². The van der Waals surface area contributed by atoms with Gasteiger partial charge in [0.2, 0.25) is 0 Å². The van der Waals surface area contributed by atoms with E-state index in [9.17, 15) is 0 Å². The first-order valence-corrected chi connectivity index (χ1v) is 7.89. The quantitative estimate of drug-likeness (QED) is 0.863. The van der Waals surface area contributed by atoms with Gasteiger partial charge in [0, 0.05) is 14.8 Å². The lowest BCUT2D eigenvalue weighted by Crippen LogP contribution is -2.11. The second kappa shape index (κ2) is 4.93. The Bertz CT molecular complexity index is 608. The SMILES string of the molecule is Cc1cc(Cl)c(C(N)c2cc3c(s2)CCC3)cc1C. The minimum atomic E-state index is -0.0950. The van der Waals surface area contributed by atoms with E-state index in [2.05, 4.69) is 26.0 Å². The zero-order valence-electron chi connectivity index (χ0n) is 11.3. The molecule has 1 aliphatic rings. The van der Waals surface area contributed by atoms with Gasteiger partial charge in [0.1, 0.15) is 0 Å². The highest BCUT2D eigenvalue weighted by molar-refractivity contribution is 7.12. The fourth-order valence-electron chi connectivity index (χ4n) is 2.70. The monoisotopic (exact) mass is 291 g/mol. The molecule has 1 heterocycles. The second-order valence-corrected chi connectivity index (χ2v) is 6.96. The molecule has 3 rings (SSSR count). The third kappa shape index (κ3) is 2.33. The van der Waals surface area contributed by atoms with Gasteiger partial charge in [-0.15, -0.1) is 11.3 Å². The molecule has 1 atom stereocenters. The molecule has 0 fully saturated rings. The van der Waals surface area contributed by atoms with Gasteiger partial charge in [-0.25, -0.2) is 0 Å². The van der Waals surface area contributed by atoms with Crippen molar-refractivity contribution >= 4 is 22.9 Å². The van der Waals surface area contributed by atoms with Crippen LogP contribution in [0.1, 0.15) is 44.5 Å². The molecule has 1 unspecified atom stereocenters. The molecule has 1 aromatic carbocycles. The van der Waals surface area contributed by atoms with Crippen LogP contribution < -0.4 is 5.73 Å². The smallest absolute Gasteiger partial charge is 0.0660 e. The fraction of sp³-hybridized carbons (Fsp3) is 0.375. The summed E-state index contributed by atoms with van der Waals surface area (Å²) in [7, 11) is 0. The van der Waals surface area contributed by atoms with Crippen molar-refractivity contribution in [3.05, 3.63) is 55.2 Å². The van der Waals surface area contributed by atoms with Crippen molar-refractivity contribution in [3.8, 4) is 0 Å². The lowest BCUT2D eigenvalue weighted by Gasteiger charge is -2.14. The summed E-state index contributed by atoms with van der Waals surface area (Å²) in [4.78, 5) is 2.76. The normalized spacial score (nSPS) is 15.6. The lowest BCUT2D eigenvalue weighted by atomic mass is 10.00. The van der Waals surface area contributed by atoms with E-state index in [1.807, 2.05) is 17.4 Å². The van der Waals surface area contributed by atoms with Crippen molar-refractivity contribution in [2.75, 3.05) is 0 Å². The first-order chi connectivity index (χ1) is 9.06. The van der Waals surface area contributed by atoms with Crippen molar-refractivity contribution in [2.24, 2.45) is 5.73 Å². The molecule has 0 aliphatic heterocycles. The number of hydrogen-bond donors (Lipinski definition) is 1. The van der Waals surface area contributed by atoms with Gasteiger partial charge >= 0.3 is 0 Å². The molecular weight excluding hydrogens is 274 g/mol. The van der Waals surface area contributed by atoms with Crippen LogP contribution >= 0.6 is 22.9 Å². The van der Waals surface area contributed by atoms with Gasteiger partial charge in [0.15, 0.2) is 0 Å². The molecule has 100 valence electrons. The van der Waals surface area contributed by atoms with E-state index in [0.717, 1.165) is 10.6 Å². The van der Waals surface area contributed by atoms with Gasteiger partial charge in [-0.3, -0.25) is 0 Å². The number of halogens is 1. The Morgan fingerprint density at radius 1 is 1.16 bits per heavy atom. The average molecular weight is 292 g/mol. The number of fused-ring (bicyclic) bond motifs is 1. The standard InChI is InChI=1S/C16H18ClNS/c1-9-6-12(13(17)7-10(9)2)16(18)15-8-11-4-3-5-14(11)19-15/h6-8,16H,3-5,18H2,1-2H3. The van der Waals surface area contributed by atoms with Crippen molar-refractivity contribution in [3.63, 3.8) is 0 Å². The van der Waals surface area contributed by atoms with Gasteiger partial charge in [0.05, 0.1) is 6.04 Å². The van der Waals surface area contributed by atoms with E-state index in [-0.39, 0.29) is 6.04 Å². The topological polar surface area (TPSA) is 26.0 Å². The highest BCUT2D eigenvalue weighted by atomic mass is 35.5. The molecule has 0 bridgehead atoms. The molecule has 1 aliphatic carbocycles. The van der Waals surface area contributed by atoms with Gasteiger partial charge in [-0.2, -0.15) is 0 Å². The number of hydrogen-bond acceptors (Lipinski definition) is 2. The predicted molar refractivity (Wildman–Crippen MR) is 83.3 cm³/mol. The molecule has 1 aromatic heterocycles. The highest BCUT2D eigenvalue weighted by Gasteiger charge is 2.20. The zero-order valence-corrected chi connectivity index (χ0v) is 12.9. The molecule has 3 heteroatoms. The minimum Gasteiger partial charge on any atom is -0.320 e. The number of thiophene rings is 1. The van der Waals surface area contributed by atoms with E-state index in [1.54, 1.807) is 0 Å². The first-order valence-electron chi connectivity index (χ1n) is 6.70.